The molecule has 0 saturated carbocycles. The van der Waals surface area contributed by atoms with Crippen molar-refractivity contribution in [3.8, 4) is 0 Å². The molecular formula is C12H15N3O2S2. The zero-order valence-corrected chi connectivity index (χ0v) is 12.1. The van der Waals surface area contributed by atoms with E-state index in [9.17, 15) is 8.42 Å². The topological polar surface area (TPSA) is 71.1 Å². The molecule has 0 atom stereocenters. The molecule has 2 aromatic rings. The molecule has 1 heterocycles. The first-order chi connectivity index (χ1) is 9.12. The van der Waals surface area contributed by atoms with Gasteiger partial charge < -0.3 is 5.32 Å². The lowest BCUT2D eigenvalue weighted by molar-refractivity contribution is 0.584. The number of nitrogens with zero attached hydrogens (tertiary/aromatic N) is 1. The van der Waals surface area contributed by atoms with Gasteiger partial charge in [0.25, 0.3) is 0 Å². The van der Waals surface area contributed by atoms with Crippen LogP contribution in [0.1, 0.15) is 11.9 Å². The molecule has 0 radical (unpaired) electrons. The smallest absolute Gasteiger partial charge is 0.240 e. The highest BCUT2D eigenvalue weighted by Gasteiger charge is 2.11. The maximum atomic E-state index is 11.7. The molecule has 0 amide bonds. The average molecular weight is 297 g/mol. The lowest BCUT2D eigenvalue weighted by Gasteiger charge is -2.07. The molecule has 5 nitrogen and oxygen atoms in total. The second-order valence-corrected chi connectivity index (χ2v) is 6.55. The van der Waals surface area contributed by atoms with Crippen molar-refractivity contribution in [3.05, 3.63) is 40.8 Å². The fraction of sp³-hybridized carbons (Fsp3) is 0.250. The molecule has 1 aromatic heterocycles. The Balaban J connectivity index is 2.02. The van der Waals surface area contributed by atoms with Gasteiger partial charge in [0.2, 0.25) is 10.0 Å². The van der Waals surface area contributed by atoms with Gasteiger partial charge in [-0.2, -0.15) is 0 Å². The third kappa shape index (κ3) is 3.76. The number of rotatable bonds is 6. The van der Waals surface area contributed by atoms with E-state index in [2.05, 4.69) is 15.0 Å². The van der Waals surface area contributed by atoms with Gasteiger partial charge in [-0.1, -0.05) is 6.92 Å². The van der Waals surface area contributed by atoms with Crippen LogP contribution in [-0.4, -0.2) is 19.9 Å². The summed E-state index contributed by atoms with van der Waals surface area (Å²) >= 11 is 1.58. The molecule has 2 N–H and O–H groups in total. The SMILES string of the molecule is CCNS(=O)(=O)c1ccc(NCc2nccs2)cc1. The van der Waals surface area contributed by atoms with Crippen LogP contribution in [0, 0.1) is 0 Å². The van der Waals surface area contributed by atoms with Gasteiger partial charge in [0.15, 0.2) is 0 Å². The van der Waals surface area contributed by atoms with Gasteiger partial charge >= 0.3 is 0 Å². The minimum absolute atomic E-state index is 0.272. The minimum atomic E-state index is -3.37. The number of anilines is 1. The van der Waals surface area contributed by atoms with Crippen molar-refractivity contribution < 1.29 is 8.42 Å². The van der Waals surface area contributed by atoms with E-state index in [1.165, 1.54) is 0 Å². The van der Waals surface area contributed by atoms with E-state index in [4.69, 9.17) is 0 Å². The van der Waals surface area contributed by atoms with Crippen molar-refractivity contribution in [1.29, 1.82) is 0 Å². The Kier molecular flexibility index (Phi) is 4.52. The molecular weight excluding hydrogens is 282 g/mol. The van der Waals surface area contributed by atoms with Gasteiger partial charge in [0.1, 0.15) is 5.01 Å². The molecule has 0 unspecified atom stereocenters. The molecule has 0 fully saturated rings. The third-order valence-electron chi connectivity index (χ3n) is 2.43. The van der Waals surface area contributed by atoms with Crippen LogP contribution in [-0.2, 0) is 16.6 Å². The largest absolute Gasteiger partial charge is 0.379 e. The Labute approximate surface area is 116 Å². The van der Waals surface area contributed by atoms with Gasteiger partial charge in [-0.05, 0) is 24.3 Å². The standard InChI is InChI=1S/C12H15N3O2S2/c1-2-15-19(16,17)11-5-3-10(4-6-11)14-9-12-13-7-8-18-12/h3-8,14-15H,2,9H2,1H3. The van der Waals surface area contributed by atoms with Crippen molar-refractivity contribution in [2.45, 2.75) is 18.4 Å². The average Bonchev–Trinajstić information content (AvgIpc) is 2.90. The van der Waals surface area contributed by atoms with Gasteiger partial charge in [-0.3, -0.25) is 0 Å². The van der Waals surface area contributed by atoms with Crippen LogP contribution in [0.25, 0.3) is 0 Å². The van der Waals surface area contributed by atoms with E-state index in [1.807, 2.05) is 5.38 Å². The molecule has 0 aliphatic carbocycles. The maximum absolute atomic E-state index is 11.7. The fourth-order valence-corrected chi connectivity index (χ4v) is 3.14. The van der Waals surface area contributed by atoms with E-state index in [1.54, 1.807) is 48.7 Å². The second kappa shape index (κ2) is 6.14. The highest BCUT2D eigenvalue weighted by Crippen LogP contribution is 2.15. The van der Waals surface area contributed by atoms with Gasteiger partial charge in [-0.25, -0.2) is 18.1 Å². The fourth-order valence-electron chi connectivity index (χ4n) is 1.54. The number of sulfonamides is 1. The summed E-state index contributed by atoms with van der Waals surface area (Å²) in [6.45, 7) is 2.77. The predicted molar refractivity (Wildman–Crippen MR) is 76.7 cm³/mol. The first-order valence-electron chi connectivity index (χ1n) is 5.84. The summed E-state index contributed by atoms with van der Waals surface area (Å²) in [7, 11) is -3.37. The molecule has 0 saturated heterocycles. The van der Waals surface area contributed by atoms with E-state index in [0.29, 0.717) is 13.1 Å². The Hall–Kier alpha value is -1.44. The zero-order chi connectivity index (χ0) is 13.7. The van der Waals surface area contributed by atoms with Crippen LogP contribution in [0.3, 0.4) is 0 Å². The number of thiazole rings is 1. The molecule has 7 heteroatoms. The molecule has 0 bridgehead atoms. The number of aromatic nitrogens is 1. The van der Waals surface area contributed by atoms with Crippen molar-refractivity contribution >= 4 is 27.0 Å². The minimum Gasteiger partial charge on any atom is -0.379 e. The van der Waals surface area contributed by atoms with Crippen molar-refractivity contribution in [1.82, 2.24) is 9.71 Å². The lowest BCUT2D eigenvalue weighted by Crippen LogP contribution is -2.23. The van der Waals surface area contributed by atoms with Crippen molar-refractivity contribution in [3.63, 3.8) is 0 Å². The maximum Gasteiger partial charge on any atom is 0.240 e. The Morgan fingerprint density at radius 1 is 1.26 bits per heavy atom. The summed E-state index contributed by atoms with van der Waals surface area (Å²) in [5.41, 5.74) is 0.866. The molecule has 102 valence electrons. The highest BCUT2D eigenvalue weighted by atomic mass is 32.2. The normalized spacial score (nSPS) is 11.4. The Morgan fingerprint density at radius 3 is 2.58 bits per heavy atom. The first kappa shape index (κ1) is 14.0. The molecule has 0 aliphatic rings. The van der Waals surface area contributed by atoms with Gasteiger partial charge in [0, 0.05) is 23.8 Å². The van der Waals surface area contributed by atoms with Gasteiger partial charge in [-0.15, -0.1) is 11.3 Å². The molecule has 0 spiro atoms. The molecule has 2 rings (SSSR count). The quantitative estimate of drug-likeness (QED) is 0.856. The molecule has 19 heavy (non-hydrogen) atoms. The van der Waals surface area contributed by atoms with Crippen LogP contribution < -0.4 is 10.0 Å². The van der Waals surface area contributed by atoms with Gasteiger partial charge in [0.05, 0.1) is 11.4 Å². The van der Waals surface area contributed by atoms with Crippen molar-refractivity contribution in [2.75, 3.05) is 11.9 Å². The summed E-state index contributed by atoms with van der Waals surface area (Å²) < 4.78 is 26.0. The summed E-state index contributed by atoms with van der Waals surface area (Å²) in [4.78, 5) is 4.43. The number of hydrogen-bond acceptors (Lipinski definition) is 5. The van der Waals surface area contributed by atoms with Crippen LogP contribution in [0.5, 0.6) is 0 Å². The first-order valence-corrected chi connectivity index (χ1v) is 8.20. The summed E-state index contributed by atoms with van der Waals surface area (Å²) in [6.07, 6.45) is 1.76. The van der Waals surface area contributed by atoms with Crippen molar-refractivity contribution in [2.24, 2.45) is 0 Å². The predicted octanol–water partition coefficient (Wildman–Crippen LogP) is 2.05. The van der Waals surface area contributed by atoms with Crippen LogP contribution >= 0.6 is 11.3 Å². The Bertz CT molecular complexity index is 607. The number of nitrogens with one attached hydrogen (secondary N) is 2. The van der Waals surface area contributed by atoms with Crippen LogP contribution in [0.2, 0.25) is 0 Å². The zero-order valence-electron chi connectivity index (χ0n) is 10.5. The third-order valence-corrected chi connectivity index (χ3v) is 4.77. The molecule has 1 aromatic carbocycles. The Morgan fingerprint density at radius 2 is 2.00 bits per heavy atom. The monoisotopic (exact) mass is 297 g/mol. The number of hydrogen-bond donors (Lipinski definition) is 2. The summed E-state index contributed by atoms with van der Waals surface area (Å²) in [5, 5.41) is 6.10. The number of benzene rings is 1. The lowest BCUT2D eigenvalue weighted by atomic mass is 10.3. The summed E-state index contributed by atoms with van der Waals surface area (Å²) in [5.74, 6) is 0. The summed E-state index contributed by atoms with van der Waals surface area (Å²) in [6, 6.07) is 6.67. The second-order valence-electron chi connectivity index (χ2n) is 3.81. The van der Waals surface area contributed by atoms with E-state index in [0.717, 1.165) is 10.7 Å². The van der Waals surface area contributed by atoms with E-state index < -0.39 is 10.0 Å². The highest BCUT2D eigenvalue weighted by molar-refractivity contribution is 7.89. The molecule has 0 aliphatic heterocycles. The van der Waals surface area contributed by atoms with Crippen LogP contribution in [0.4, 0.5) is 5.69 Å². The van der Waals surface area contributed by atoms with Crippen LogP contribution in [0.15, 0.2) is 40.7 Å². The van der Waals surface area contributed by atoms with E-state index >= 15 is 0 Å². The van der Waals surface area contributed by atoms with E-state index in [-0.39, 0.29) is 4.90 Å².